The lowest BCUT2D eigenvalue weighted by molar-refractivity contribution is 0.203. The standard InChI is InChI=1S/C16H31N3/c1-13(11-18-8-4-3-5-9-18)17-15-10-14(2)19(12-15)16-6-7-16/h13-17H,3-12H2,1-2H3. The average Bonchev–Trinajstić information content (AvgIpc) is 3.15. The Morgan fingerprint density at radius 1 is 1.16 bits per heavy atom. The molecule has 3 unspecified atom stereocenters. The largest absolute Gasteiger partial charge is 0.309 e. The van der Waals surface area contributed by atoms with Crippen molar-refractivity contribution in [2.75, 3.05) is 26.2 Å². The van der Waals surface area contributed by atoms with Crippen molar-refractivity contribution >= 4 is 0 Å². The molecule has 2 heterocycles. The number of rotatable bonds is 5. The van der Waals surface area contributed by atoms with Gasteiger partial charge in [-0.15, -0.1) is 0 Å². The molecule has 1 N–H and O–H groups in total. The van der Waals surface area contributed by atoms with Crippen LogP contribution in [0.5, 0.6) is 0 Å². The smallest absolute Gasteiger partial charge is 0.0213 e. The summed E-state index contributed by atoms with van der Waals surface area (Å²) in [4.78, 5) is 5.39. The highest BCUT2D eigenvalue weighted by molar-refractivity contribution is 4.96. The van der Waals surface area contributed by atoms with Gasteiger partial charge in [-0.3, -0.25) is 4.90 Å². The van der Waals surface area contributed by atoms with Crippen LogP contribution in [0, 0.1) is 0 Å². The van der Waals surface area contributed by atoms with Gasteiger partial charge in [-0.05, 0) is 59.0 Å². The van der Waals surface area contributed by atoms with Crippen LogP contribution in [-0.4, -0.2) is 60.1 Å². The van der Waals surface area contributed by atoms with Crippen molar-refractivity contribution in [2.24, 2.45) is 0 Å². The third-order valence-electron chi connectivity index (χ3n) is 5.14. The van der Waals surface area contributed by atoms with Crippen molar-refractivity contribution in [1.29, 1.82) is 0 Å². The third-order valence-corrected chi connectivity index (χ3v) is 5.14. The molecule has 110 valence electrons. The van der Waals surface area contributed by atoms with Crippen molar-refractivity contribution in [2.45, 2.75) is 76.5 Å². The first kappa shape index (κ1) is 13.8. The summed E-state index contributed by atoms with van der Waals surface area (Å²) in [6.07, 6.45) is 8.49. The molecule has 2 aliphatic heterocycles. The van der Waals surface area contributed by atoms with Crippen LogP contribution in [0.4, 0.5) is 0 Å². The summed E-state index contributed by atoms with van der Waals surface area (Å²) in [5.41, 5.74) is 0. The molecule has 3 heteroatoms. The molecule has 3 fully saturated rings. The monoisotopic (exact) mass is 265 g/mol. The first-order chi connectivity index (χ1) is 9.22. The molecule has 0 spiro atoms. The van der Waals surface area contributed by atoms with Crippen molar-refractivity contribution < 1.29 is 0 Å². The zero-order valence-corrected chi connectivity index (χ0v) is 12.8. The van der Waals surface area contributed by atoms with Crippen LogP contribution in [0.25, 0.3) is 0 Å². The number of nitrogens with one attached hydrogen (secondary N) is 1. The minimum atomic E-state index is 0.648. The molecule has 3 aliphatic rings. The Morgan fingerprint density at radius 2 is 1.89 bits per heavy atom. The van der Waals surface area contributed by atoms with Gasteiger partial charge in [-0.1, -0.05) is 6.42 Å². The zero-order chi connectivity index (χ0) is 13.2. The van der Waals surface area contributed by atoms with E-state index in [9.17, 15) is 0 Å². The molecule has 0 radical (unpaired) electrons. The lowest BCUT2D eigenvalue weighted by atomic mass is 10.1. The summed E-state index contributed by atoms with van der Waals surface area (Å²) in [7, 11) is 0. The highest BCUT2D eigenvalue weighted by atomic mass is 15.3. The molecule has 2 saturated heterocycles. The van der Waals surface area contributed by atoms with E-state index < -0.39 is 0 Å². The van der Waals surface area contributed by atoms with Gasteiger partial charge in [-0.25, -0.2) is 0 Å². The molecule has 3 rings (SSSR count). The van der Waals surface area contributed by atoms with E-state index in [0.717, 1.165) is 18.1 Å². The molecule has 0 amide bonds. The van der Waals surface area contributed by atoms with Crippen LogP contribution in [0.2, 0.25) is 0 Å². The molecule has 3 nitrogen and oxygen atoms in total. The fourth-order valence-corrected chi connectivity index (χ4v) is 4.08. The second kappa shape index (κ2) is 6.11. The molecule has 1 aliphatic carbocycles. The Morgan fingerprint density at radius 3 is 2.58 bits per heavy atom. The summed E-state index contributed by atoms with van der Waals surface area (Å²) in [5.74, 6) is 0. The van der Waals surface area contributed by atoms with Crippen LogP contribution in [0.15, 0.2) is 0 Å². The van der Waals surface area contributed by atoms with Gasteiger partial charge >= 0.3 is 0 Å². The Kier molecular flexibility index (Phi) is 4.45. The molecule has 0 bridgehead atoms. The number of nitrogens with zero attached hydrogens (tertiary/aromatic N) is 2. The number of hydrogen-bond acceptors (Lipinski definition) is 3. The van der Waals surface area contributed by atoms with E-state index in [-0.39, 0.29) is 0 Å². The van der Waals surface area contributed by atoms with Gasteiger partial charge in [0.05, 0.1) is 0 Å². The summed E-state index contributed by atoms with van der Waals surface area (Å²) < 4.78 is 0. The van der Waals surface area contributed by atoms with E-state index in [2.05, 4.69) is 29.0 Å². The summed E-state index contributed by atoms with van der Waals surface area (Å²) in [5, 5.41) is 3.89. The number of hydrogen-bond donors (Lipinski definition) is 1. The zero-order valence-electron chi connectivity index (χ0n) is 12.8. The predicted octanol–water partition coefficient (Wildman–Crippen LogP) is 2.08. The van der Waals surface area contributed by atoms with E-state index >= 15 is 0 Å². The van der Waals surface area contributed by atoms with E-state index in [4.69, 9.17) is 0 Å². The highest BCUT2D eigenvalue weighted by Crippen LogP contribution is 2.33. The van der Waals surface area contributed by atoms with Gasteiger partial charge in [0, 0.05) is 37.3 Å². The Hall–Kier alpha value is -0.120. The van der Waals surface area contributed by atoms with Gasteiger partial charge < -0.3 is 10.2 Å². The molecular formula is C16H31N3. The molecule has 19 heavy (non-hydrogen) atoms. The molecular weight excluding hydrogens is 234 g/mol. The topological polar surface area (TPSA) is 18.5 Å². The first-order valence-electron chi connectivity index (χ1n) is 8.46. The Balaban J connectivity index is 1.40. The van der Waals surface area contributed by atoms with Crippen LogP contribution in [0.3, 0.4) is 0 Å². The highest BCUT2D eigenvalue weighted by Gasteiger charge is 2.38. The van der Waals surface area contributed by atoms with Crippen LogP contribution in [0.1, 0.15) is 52.4 Å². The second-order valence-corrected chi connectivity index (χ2v) is 7.14. The third kappa shape index (κ3) is 3.71. The molecule has 1 saturated carbocycles. The first-order valence-corrected chi connectivity index (χ1v) is 8.46. The van der Waals surface area contributed by atoms with Crippen LogP contribution < -0.4 is 5.32 Å². The normalized spacial score (nSPS) is 35.7. The van der Waals surface area contributed by atoms with Gasteiger partial charge in [0.2, 0.25) is 0 Å². The van der Waals surface area contributed by atoms with E-state index in [1.165, 1.54) is 64.7 Å². The summed E-state index contributed by atoms with van der Waals surface area (Å²) in [6, 6.07) is 3.11. The lowest BCUT2D eigenvalue weighted by Gasteiger charge is -2.30. The maximum absolute atomic E-state index is 3.89. The van der Waals surface area contributed by atoms with E-state index in [0.29, 0.717) is 6.04 Å². The minimum absolute atomic E-state index is 0.648. The van der Waals surface area contributed by atoms with Gasteiger partial charge in [0.25, 0.3) is 0 Å². The van der Waals surface area contributed by atoms with Crippen molar-refractivity contribution in [3.63, 3.8) is 0 Å². The second-order valence-electron chi connectivity index (χ2n) is 7.14. The van der Waals surface area contributed by atoms with Crippen molar-refractivity contribution in [1.82, 2.24) is 15.1 Å². The van der Waals surface area contributed by atoms with Gasteiger partial charge in [-0.2, -0.15) is 0 Å². The average molecular weight is 265 g/mol. The molecule has 0 aromatic heterocycles. The lowest BCUT2D eigenvalue weighted by Crippen LogP contribution is -2.46. The maximum atomic E-state index is 3.89. The number of likely N-dealkylation sites (tertiary alicyclic amines) is 2. The van der Waals surface area contributed by atoms with Crippen LogP contribution in [-0.2, 0) is 0 Å². The molecule has 3 atom stereocenters. The fraction of sp³-hybridized carbons (Fsp3) is 1.00. The van der Waals surface area contributed by atoms with Gasteiger partial charge in [0.15, 0.2) is 0 Å². The number of piperidine rings is 1. The maximum Gasteiger partial charge on any atom is 0.0213 e. The van der Waals surface area contributed by atoms with E-state index in [1.54, 1.807) is 0 Å². The minimum Gasteiger partial charge on any atom is -0.309 e. The van der Waals surface area contributed by atoms with Crippen molar-refractivity contribution in [3.05, 3.63) is 0 Å². The van der Waals surface area contributed by atoms with E-state index in [1.807, 2.05) is 0 Å². The summed E-state index contributed by atoms with van der Waals surface area (Å²) >= 11 is 0. The summed E-state index contributed by atoms with van der Waals surface area (Å²) in [6.45, 7) is 9.96. The predicted molar refractivity (Wildman–Crippen MR) is 80.5 cm³/mol. The van der Waals surface area contributed by atoms with Crippen molar-refractivity contribution in [3.8, 4) is 0 Å². The van der Waals surface area contributed by atoms with Crippen LogP contribution >= 0.6 is 0 Å². The fourth-order valence-electron chi connectivity index (χ4n) is 4.08. The van der Waals surface area contributed by atoms with Gasteiger partial charge in [0.1, 0.15) is 0 Å². The molecule has 0 aromatic rings. The molecule has 0 aromatic carbocycles. The Bertz CT molecular complexity index is 284. The SMILES string of the molecule is CC(CN1CCCCC1)NC1CC(C)N(C2CC2)C1. The Labute approximate surface area is 118 Å². The quantitative estimate of drug-likeness (QED) is 0.821.